The molecular weight excluding hydrogens is 200 g/mol. The zero-order valence-corrected chi connectivity index (χ0v) is 9.60. The van der Waals surface area contributed by atoms with Crippen molar-refractivity contribution in [1.29, 1.82) is 0 Å². The molecule has 1 aromatic heterocycles. The summed E-state index contributed by atoms with van der Waals surface area (Å²) in [6, 6.07) is 9.96. The molecule has 3 heteroatoms. The highest BCUT2D eigenvalue weighted by molar-refractivity contribution is 5.81. The number of rotatable bonds is 3. The highest BCUT2D eigenvalue weighted by Gasteiger charge is 2.04. The van der Waals surface area contributed by atoms with Crippen LogP contribution in [0, 0.1) is 0 Å². The summed E-state index contributed by atoms with van der Waals surface area (Å²) in [5, 5.41) is 4.92. The Labute approximate surface area is 94.7 Å². The maximum Gasteiger partial charge on any atom is 0.258 e. The molecule has 1 atom stereocenters. The molecule has 0 saturated heterocycles. The van der Waals surface area contributed by atoms with E-state index in [1.54, 1.807) is 4.57 Å². The van der Waals surface area contributed by atoms with Gasteiger partial charge in [0.1, 0.15) is 0 Å². The molecule has 0 aliphatic carbocycles. The van der Waals surface area contributed by atoms with Crippen molar-refractivity contribution in [2.75, 3.05) is 7.05 Å². The maximum atomic E-state index is 12.1. The van der Waals surface area contributed by atoms with Gasteiger partial charge in [-0.05, 0) is 31.5 Å². The Hall–Kier alpha value is -1.61. The summed E-state index contributed by atoms with van der Waals surface area (Å²) in [5.74, 6) is 0. The molecule has 0 saturated carbocycles. The Bertz CT molecular complexity index is 545. The van der Waals surface area contributed by atoms with Gasteiger partial charge in [-0.25, -0.2) is 0 Å². The Morgan fingerprint density at radius 3 is 2.81 bits per heavy atom. The fourth-order valence-corrected chi connectivity index (χ4v) is 1.76. The number of nitrogens with zero attached hydrogens (tertiary/aromatic N) is 1. The van der Waals surface area contributed by atoms with Crippen molar-refractivity contribution in [2.45, 2.75) is 19.5 Å². The van der Waals surface area contributed by atoms with Gasteiger partial charge in [-0.2, -0.15) is 0 Å². The summed E-state index contributed by atoms with van der Waals surface area (Å²) in [6.45, 7) is 2.75. The van der Waals surface area contributed by atoms with E-state index in [4.69, 9.17) is 0 Å². The van der Waals surface area contributed by atoms with Crippen molar-refractivity contribution in [1.82, 2.24) is 9.88 Å². The van der Waals surface area contributed by atoms with E-state index in [-0.39, 0.29) is 5.56 Å². The first-order valence-corrected chi connectivity index (χ1v) is 5.48. The van der Waals surface area contributed by atoms with Crippen LogP contribution in [0.4, 0.5) is 0 Å². The Morgan fingerprint density at radius 2 is 2.06 bits per heavy atom. The van der Waals surface area contributed by atoms with Crippen molar-refractivity contribution >= 4 is 10.8 Å². The molecule has 0 fully saturated rings. The number of hydrogen-bond acceptors (Lipinski definition) is 2. The van der Waals surface area contributed by atoms with Gasteiger partial charge >= 0.3 is 0 Å². The molecule has 1 aromatic carbocycles. The summed E-state index contributed by atoms with van der Waals surface area (Å²) in [7, 11) is 1.90. The summed E-state index contributed by atoms with van der Waals surface area (Å²) in [6.07, 6.45) is 1.86. The minimum Gasteiger partial charge on any atom is -0.315 e. The smallest absolute Gasteiger partial charge is 0.258 e. The molecular formula is C13H16N2O. The lowest BCUT2D eigenvalue weighted by molar-refractivity contribution is 0.507. The van der Waals surface area contributed by atoms with E-state index < -0.39 is 0 Å². The monoisotopic (exact) mass is 216 g/mol. The van der Waals surface area contributed by atoms with Crippen molar-refractivity contribution in [3.63, 3.8) is 0 Å². The molecule has 0 radical (unpaired) electrons. The number of nitrogens with one attached hydrogen (secondary N) is 1. The van der Waals surface area contributed by atoms with E-state index in [1.807, 2.05) is 43.6 Å². The van der Waals surface area contributed by atoms with E-state index in [0.29, 0.717) is 12.6 Å². The standard InChI is InChI=1S/C13H16N2O/c1-10(14-2)9-15-8-7-11-5-3-4-6-12(11)13(15)16/h3-8,10,14H,9H2,1-2H3. The average molecular weight is 216 g/mol. The van der Waals surface area contributed by atoms with Gasteiger partial charge < -0.3 is 9.88 Å². The van der Waals surface area contributed by atoms with Crippen LogP contribution in [-0.2, 0) is 6.54 Å². The fourth-order valence-electron chi connectivity index (χ4n) is 1.76. The van der Waals surface area contributed by atoms with Crippen LogP contribution in [-0.4, -0.2) is 17.7 Å². The molecule has 0 bridgehead atoms. The Kier molecular flexibility index (Phi) is 3.06. The SMILES string of the molecule is CNC(C)Cn1ccc2ccccc2c1=O. The number of likely N-dealkylation sites (N-methyl/N-ethyl adjacent to an activating group) is 1. The van der Waals surface area contributed by atoms with Crippen LogP contribution >= 0.6 is 0 Å². The van der Waals surface area contributed by atoms with Gasteiger partial charge in [0.05, 0.1) is 0 Å². The molecule has 2 aromatic rings. The first-order chi connectivity index (χ1) is 7.72. The predicted octanol–water partition coefficient (Wildman–Crippen LogP) is 1.61. The van der Waals surface area contributed by atoms with Gasteiger partial charge in [-0.3, -0.25) is 4.79 Å². The summed E-state index contributed by atoms with van der Waals surface area (Å²) >= 11 is 0. The molecule has 3 nitrogen and oxygen atoms in total. The summed E-state index contributed by atoms with van der Waals surface area (Å²) in [4.78, 5) is 12.1. The second kappa shape index (κ2) is 4.49. The molecule has 0 aliphatic rings. The van der Waals surface area contributed by atoms with Crippen LogP contribution in [0.1, 0.15) is 6.92 Å². The van der Waals surface area contributed by atoms with Gasteiger partial charge in [-0.1, -0.05) is 18.2 Å². The average Bonchev–Trinajstić information content (AvgIpc) is 2.33. The number of aromatic nitrogens is 1. The quantitative estimate of drug-likeness (QED) is 0.845. The molecule has 16 heavy (non-hydrogen) atoms. The van der Waals surface area contributed by atoms with E-state index in [9.17, 15) is 4.79 Å². The topological polar surface area (TPSA) is 34.0 Å². The predicted molar refractivity (Wildman–Crippen MR) is 66.7 cm³/mol. The van der Waals surface area contributed by atoms with Crippen LogP contribution in [0.3, 0.4) is 0 Å². The van der Waals surface area contributed by atoms with Gasteiger partial charge in [0.2, 0.25) is 0 Å². The minimum absolute atomic E-state index is 0.0835. The van der Waals surface area contributed by atoms with Crippen molar-refractivity contribution < 1.29 is 0 Å². The number of pyridine rings is 1. The third-order valence-electron chi connectivity index (χ3n) is 2.85. The second-order valence-corrected chi connectivity index (χ2v) is 4.05. The molecule has 1 heterocycles. The van der Waals surface area contributed by atoms with Crippen LogP contribution in [0.5, 0.6) is 0 Å². The summed E-state index contributed by atoms with van der Waals surface area (Å²) in [5.41, 5.74) is 0.0835. The van der Waals surface area contributed by atoms with Crippen LogP contribution in [0.25, 0.3) is 10.8 Å². The zero-order valence-electron chi connectivity index (χ0n) is 9.60. The third kappa shape index (κ3) is 1.99. The summed E-state index contributed by atoms with van der Waals surface area (Å²) < 4.78 is 1.75. The number of fused-ring (bicyclic) bond motifs is 1. The molecule has 1 N–H and O–H groups in total. The fraction of sp³-hybridized carbons (Fsp3) is 0.308. The van der Waals surface area contributed by atoms with Crippen molar-refractivity contribution in [2.24, 2.45) is 0 Å². The van der Waals surface area contributed by atoms with Crippen LogP contribution in [0.15, 0.2) is 41.3 Å². The number of benzene rings is 1. The minimum atomic E-state index is 0.0835. The van der Waals surface area contributed by atoms with Crippen LogP contribution < -0.4 is 10.9 Å². The lowest BCUT2D eigenvalue weighted by atomic mass is 10.2. The van der Waals surface area contributed by atoms with Gasteiger partial charge in [0, 0.05) is 24.2 Å². The first kappa shape index (κ1) is 10.9. The molecule has 84 valence electrons. The van der Waals surface area contributed by atoms with E-state index >= 15 is 0 Å². The lowest BCUT2D eigenvalue weighted by Gasteiger charge is -2.12. The zero-order chi connectivity index (χ0) is 11.5. The lowest BCUT2D eigenvalue weighted by Crippen LogP contribution is -2.31. The maximum absolute atomic E-state index is 12.1. The highest BCUT2D eigenvalue weighted by atomic mass is 16.1. The van der Waals surface area contributed by atoms with Gasteiger partial charge in [0.15, 0.2) is 0 Å². The molecule has 1 unspecified atom stereocenters. The molecule has 0 amide bonds. The molecule has 0 aliphatic heterocycles. The number of hydrogen-bond donors (Lipinski definition) is 1. The highest BCUT2D eigenvalue weighted by Crippen LogP contribution is 2.08. The van der Waals surface area contributed by atoms with Crippen molar-refractivity contribution in [3.05, 3.63) is 46.9 Å². The molecule has 0 spiro atoms. The second-order valence-electron chi connectivity index (χ2n) is 4.05. The van der Waals surface area contributed by atoms with E-state index in [0.717, 1.165) is 10.8 Å². The van der Waals surface area contributed by atoms with Gasteiger partial charge in [0.25, 0.3) is 5.56 Å². The van der Waals surface area contributed by atoms with E-state index in [2.05, 4.69) is 12.2 Å². The normalized spacial score (nSPS) is 12.9. The first-order valence-electron chi connectivity index (χ1n) is 5.48. The Morgan fingerprint density at radius 1 is 1.31 bits per heavy atom. The third-order valence-corrected chi connectivity index (χ3v) is 2.85. The molecule has 2 rings (SSSR count). The van der Waals surface area contributed by atoms with Crippen LogP contribution in [0.2, 0.25) is 0 Å². The van der Waals surface area contributed by atoms with E-state index in [1.165, 1.54) is 0 Å². The largest absolute Gasteiger partial charge is 0.315 e. The van der Waals surface area contributed by atoms with Gasteiger partial charge in [-0.15, -0.1) is 0 Å². The Balaban J connectivity index is 2.49. The van der Waals surface area contributed by atoms with Crippen molar-refractivity contribution in [3.8, 4) is 0 Å².